The first-order chi connectivity index (χ1) is 9.73. The molecule has 0 bridgehead atoms. The Morgan fingerprint density at radius 3 is 2.45 bits per heavy atom. The Kier molecular flexibility index (Phi) is 5.05. The Bertz CT molecular complexity index is 435. The van der Waals surface area contributed by atoms with Crippen molar-refractivity contribution in [2.75, 3.05) is 13.7 Å². The number of ether oxygens (including phenoxy) is 1. The van der Waals surface area contributed by atoms with Crippen LogP contribution in [0.25, 0.3) is 0 Å². The zero-order chi connectivity index (χ0) is 14.4. The molecule has 0 radical (unpaired) electrons. The number of hydrogen-bond donors (Lipinski definition) is 1. The summed E-state index contributed by atoms with van der Waals surface area (Å²) < 4.78 is 5.19. The van der Waals surface area contributed by atoms with E-state index in [0.717, 1.165) is 43.5 Å². The number of amides is 1. The van der Waals surface area contributed by atoms with Gasteiger partial charge in [0.25, 0.3) is 0 Å². The molecule has 1 saturated carbocycles. The van der Waals surface area contributed by atoms with Crippen molar-refractivity contribution in [3.05, 3.63) is 29.8 Å². The Morgan fingerprint density at radius 1 is 1.25 bits per heavy atom. The molecule has 0 unspecified atom stereocenters. The predicted molar refractivity (Wildman–Crippen MR) is 81.1 cm³/mol. The third-order valence-electron chi connectivity index (χ3n) is 4.35. The maximum Gasteiger partial charge on any atom is 0.230 e. The fourth-order valence-corrected chi connectivity index (χ4v) is 2.83. The molecule has 0 atom stereocenters. The van der Waals surface area contributed by atoms with Gasteiger partial charge in [0.1, 0.15) is 5.75 Å². The van der Waals surface area contributed by atoms with Gasteiger partial charge in [-0.25, -0.2) is 0 Å². The Hall–Kier alpha value is -1.51. The number of methoxy groups -OCH3 is 1. The smallest absolute Gasteiger partial charge is 0.230 e. The van der Waals surface area contributed by atoms with E-state index in [2.05, 4.69) is 12.2 Å². The highest BCUT2D eigenvalue weighted by atomic mass is 16.5. The minimum Gasteiger partial charge on any atom is -0.497 e. The maximum absolute atomic E-state index is 12.5. The van der Waals surface area contributed by atoms with Crippen LogP contribution in [0.1, 0.15) is 51.0 Å². The third kappa shape index (κ3) is 2.97. The van der Waals surface area contributed by atoms with E-state index in [1.165, 1.54) is 12.8 Å². The zero-order valence-corrected chi connectivity index (χ0v) is 12.6. The molecule has 2 rings (SSSR count). The molecule has 3 nitrogen and oxygen atoms in total. The molecule has 0 aromatic heterocycles. The minimum absolute atomic E-state index is 0.199. The number of carbonyl (C=O) groups is 1. The third-order valence-corrected chi connectivity index (χ3v) is 4.35. The van der Waals surface area contributed by atoms with Crippen LogP contribution < -0.4 is 10.1 Å². The van der Waals surface area contributed by atoms with Crippen LogP contribution >= 0.6 is 0 Å². The van der Waals surface area contributed by atoms with Gasteiger partial charge in [-0.1, -0.05) is 38.3 Å². The summed E-state index contributed by atoms with van der Waals surface area (Å²) in [4.78, 5) is 12.5. The van der Waals surface area contributed by atoms with Crippen molar-refractivity contribution in [2.45, 2.75) is 50.9 Å². The first-order valence-electron chi connectivity index (χ1n) is 7.66. The number of benzene rings is 1. The number of hydrogen-bond acceptors (Lipinski definition) is 2. The largest absolute Gasteiger partial charge is 0.497 e. The van der Waals surface area contributed by atoms with E-state index in [1.807, 2.05) is 24.3 Å². The van der Waals surface area contributed by atoms with Crippen LogP contribution in [0.5, 0.6) is 5.75 Å². The van der Waals surface area contributed by atoms with Crippen molar-refractivity contribution < 1.29 is 9.53 Å². The van der Waals surface area contributed by atoms with E-state index in [9.17, 15) is 4.79 Å². The molecule has 1 aromatic carbocycles. The molecule has 1 N–H and O–H groups in total. The topological polar surface area (TPSA) is 38.3 Å². The van der Waals surface area contributed by atoms with Gasteiger partial charge in [-0.2, -0.15) is 0 Å². The standard InChI is InChI=1S/C17H25NO2/c1-3-4-5-13-18-16(19)17(11-6-12-17)14-7-9-15(20-2)10-8-14/h7-10H,3-6,11-13H2,1-2H3,(H,18,19). The monoisotopic (exact) mass is 275 g/mol. The van der Waals surface area contributed by atoms with E-state index in [4.69, 9.17) is 4.74 Å². The average molecular weight is 275 g/mol. The molecular formula is C17H25NO2. The van der Waals surface area contributed by atoms with Crippen molar-refractivity contribution in [3.8, 4) is 5.75 Å². The van der Waals surface area contributed by atoms with Crippen LogP contribution in [0.2, 0.25) is 0 Å². The summed E-state index contributed by atoms with van der Waals surface area (Å²) in [7, 11) is 1.66. The summed E-state index contributed by atoms with van der Waals surface area (Å²) in [5, 5.41) is 3.12. The average Bonchev–Trinajstić information content (AvgIpc) is 2.43. The highest BCUT2D eigenvalue weighted by Crippen LogP contribution is 2.44. The molecule has 3 heteroatoms. The molecule has 0 spiro atoms. The van der Waals surface area contributed by atoms with Crippen molar-refractivity contribution >= 4 is 5.91 Å². The van der Waals surface area contributed by atoms with Gasteiger partial charge >= 0.3 is 0 Å². The molecular weight excluding hydrogens is 250 g/mol. The van der Waals surface area contributed by atoms with E-state index in [-0.39, 0.29) is 11.3 Å². The van der Waals surface area contributed by atoms with Crippen LogP contribution in [-0.2, 0) is 10.2 Å². The van der Waals surface area contributed by atoms with Gasteiger partial charge in [-0.3, -0.25) is 4.79 Å². The van der Waals surface area contributed by atoms with Crippen molar-refractivity contribution in [1.82, 2.24) is 5.32 Å². The molecule has 0 aliphatic heterocycles. The van der Waals surface area contributed by atoms with E-state index >= 15 is 0 Å². The number of unbranched alkanes of at least 4 members (excludes halogenated alkanes) is 2. The second-order valence-electron chi connectivity index (χ2n) is 5.63. The SMILES string of the molecule is CCCCCNC(=O)C1(c2ccc(OC)cc2)CCC1. The fraction of sp³-hybridized carbons (Fsp3) is 0.588. The Labute approximate surface area is 121 Å². The summed E-state index contributed by atoms with van der Waals surface area (Å²) in [6.45, 7) is 2.97. The highest BCUT2D eigenvalue weighted by molar-refractivity contribution is 5.89. The molecule has 1 fully saturated rings. The van der Waals surface area contributed by atoms with Gasteiger partial charge in [0.05, 0.1) is 12.5 Å². The first-order valence-corrected chi connectivity index (χ1v) is 7.66. The molecule has 1 aliphatic carbocycles. The lowest BCUT2D eigenvalue weighted by Crippen LogP contribution is -2.49. The highest BCUT2D eigenvalue weighted by Gasteiger charge is 2.45. The van der Waals surface area contributed by atoms with E-state index in [0.29, 0.717) is 0 Å². The Morgan fingerprint density at radius 2 is 1.95 bits per heavy atom. The lowest BCUT2D eigenvalue weighted by Gasteiger charge is -2.40. The molecule has 1 aromatic rings. The molecule has 110 valence electrons. The fourth-order valence-electron chi connectivity index (χ4n) is 2.83. The maximum atomic E-state index is 12.5. The molecule has 0 heterocycles. The number of nitrogens with one attached hydrogen (secondary N) is 1. The van der Waals surface area contributed by atoms with Gasteiger partial charge in [0.15, 0.2) is 0 Å². The second-order valence-corrected chi connectivity index (χ2v) is 5.63. The summed E-state index contributed by atoms with van der Waals surface area (Å²) in [5.41, 5.74) is 0.830. The van der Waals surface area contributed by atoms with E-state index in [1.54, 1.807) is 7.11 Å². The van der Waals surface area contributed by atoms with Crippen LogP contribution in [-0.4, -0.2) is 19.6 Å². The van der Waals surface area contributed by atoms with Crippen molar-refractivity contribution in [3.63, 3.8) is 0 Å². The lowest BCUT2D eigenvalue weighted by molar-refractivity contribution is -0.129. The van der Waals surface area contributed by atoms with Crippen LogP contribution in [0, 0.1) is 0 Å². The number of rotatable bonds is 7. The molecule has 1 aliphatic rings. The van der Waals surface area contributed by atoms with E-state index < -0.39 is 0 Å². The first kappa shape index (κ1) is 14.9. The molecule has 1 amide bonds. The second kappa shape index (κ2) is 6.78. The normalized spacial score (nSPS) is 16.3. The summed E-state index contributed by atoms with van der Waals surface area (Å²) in [5.74, 6) is 1.04. The Balaban J connectivity index is 2.02. The summed E-state index contributed by atoms with van der Waals surface area (Å²) in [6.07, 6.45) is 6.47. The predicted octanol–water partition coefficient (Wildman–Crippen LogP) is 3.42. The molecule has 20 heavy (non-hydrogen) atoms. The van der Waals surface area contributed by atoms with Crippen LogP contribution in [0.15, 0.2) is 24.3 Å². The minimum atomic E-state index is -0.293. The van der Waals surface area contributed by atoms with Gasteiger partial charge in [0.2, 0.25) is 5.91 Å². The lowest BCUT2D eigenvalue weighted by atomic mass is 9.64. The van der Waals surface area contributed by atoms with Gasteiger partial charge in [-0.05, 0) is 37.0 Å². The summed E-state index contributed by atoms with van der Waals surface area (Å²) >= 11 is 0. The van der Waals surface area contributed by atoms with Crippen molar-refractivity contribution in [1.29, 1.82) is 0 Å². The van der Waals surface area contributed by atoms with Crippen LogP contribution in [0.4, 0.5) is 0 Å². The quantitative estimate of drug-likeness (QED) is 0.774. The van der Waals surface area contributed by atoms with Crippen LogP contribution in [0.3, 0.4) is 0 Å². The molecule has 0 saturated heterocycles. The van der Waals surface area contributed by atoms with Gasteiger partial charge in [-0.15, -0.1) is 0 Å². The van der Waals surface area contributed by atoms with Gasteiger partial charge in [0, 0.05) is 6.54 Å². The van der Waals surface area contributed by atoms with Gasteiger partial charge < -0.3 is 10.1 Å². The summed E-state index contributed by atoms with van der Waals surface area (Å²) in [6, 6.07) is 7.95. The zero-order valence-electron chi connectivity index (χ0n) is 12.6. The van der Waals surface area contributed by atoms with Crippen molar-refractivity contribution in [2.24, 2.45) is 0 Å². The number of carbonyl (C=O) groups excluding carboxylic acids is 1.